The number of carbonyl (C=O) groups is 2. The molecule has 5 rings (SSSR count). The number of hydrogen-bond acceptors (Lipinski definition) is 13. The largest absolute Gasteiger partial charge is 0.469 e. The number of benzene rings is 3. The molecule has 246 valence electrons. The van der Waals surface area contributed by atoms with Gasteiger partial charge in [0.05, 0.1) is 28.8 Å². The number of hydrogen-bond donors (Lipinski definition) is 3. The Morgan fingerprint density at radius 1 is 0.938 bits per heavy atom. The van der Waals surface area contributed by atoms with Gasteiger partial charge in [-0.25, -0.2) is 18.0 Å². The maximum Gasteiger partial charge on any atom is 0.310 e. The van der Waals surface area contributed by atoms with E-state index >= 15 is 0 Å². The normalized spacial score (nSPS) is 11.2. The Labute approximate surface area is 280 Å². The summed E-state index contributed by atoms with van der Waals surface area (Å²) in [5, 5.41) is 15.6. The highest BCUT2D eigenvalue weighted by Gasteiger charge is 2.28. The van der Waals surface area contributed by atoms with Crippen molar-refractivity contribution in [2.24, 2.45) is 0 Å². The number of sulfone groups is 1. The fraction of sp³-hybridized carbons (Fsp3) is 0.125. The number of anilines is 4. The van der Waals surface area contributed by atoms with Crippen molar-refractivity contribution in [2.45, 2.75) is 16.3 Å². The molecule has 0 saturated heterocycles. The van der Waals surface area contributed by atoms with E-state index in [-0.39, 0.29) is 47.3 Å². The molecule has 5 aromatic rings. The highest BCUT2D eigenvalue weighted by molar-refractivity contribution is 7.91. The molecule has 0 atom stereocenters. The fourth-order valence-corrected chi connectivity index (χ4v) is 5.55. The number of halogens is 1. The van der Waals surface area contributed by atoms with Gasteiger partial charge in [0.25, 0.3) is 16.8 Å². The number of rotatable bonds is 14. The van der Waals surface area contributed by atoms with Crippen molar-refractivity contribution >= 4 is 56.5 Å². The molecule has 0 aliphatic rings. The first-order chi connectivity index (χ1) is 23.2. The highest BCUT2D eigenvalue weighted by Crippen LogP contribution is 2.28. The van der Waals surface area contributed by atoms with E-state index in [2.05, 4.69) is 40.9 Å². The van der Waals surface area contributed by atoms with Crippen molar-refractivity contribution in [1.29, 1.82) is 0 Å². The summed E-state index contributed by atoms with van der Waals surface area (Å²) in [7, 11) is -2.43. The van der Waals surface area contributed by atoms with Crippen molar-refractivity contribution in [3.05, 3.63) is 113 Å². The van der Waals surface area contributed by atoms with Crippen molar-refractivity contribution in [3.8, 4) is 5.88 Å². The predicted octanol–water partition coefficient (Wildman–Crippen LogP) is 4.91. The van der Waals surface area contributed by atoms with E-state index in [0.717, 1.165) is 0 Å². The van der Waals surface area contributed by atoms with Crippen LogP contribution in [0.1, 0.15) is 15.9 Å². The molecule has 0 fully saturated rings. The van der Waals surface area contributed by atoms with Gasteiger partial charge in [-0.1, -0.05) is 54.1 Å². The van der Waals surface area contributed by atoms with Crippen LogP contribution in [-0.2, 0) is 25.8 Å². The Balaban J connectivity index is 1.11. The zero-order chi connectivity index (χ0) is 33.9. The average Bonchev–Trinajstić information content (AvgIpc) is 3.58. The second-order valence-corrected chi connectivity index (χ2v) is 12.1. The van der Waals surface area contributed by atoms with E-state index in [1.165, 1.54) is 24.4 Å². The average molecular weight is 690 g/mol. The summed E-state index contributed by atoms with van der Waals surface area (Å²) in [6.07, 6.45) is 4.51. The molecule has 0 spiro atoms. The summed E-state index contributed by atoms with van der Waals surface area (Å²) >= 11 is 6.32. The van der Waals surface area contributed by atoms with Crippen LogP contribution in [0.15, 0.2) is 112 Å². The monoisotopic (exact) mass is 689 g/mol. The molecule has 48 heavy (non-hydrogen) atoms. The van der Waals surface area contributed by atoms with E-state index in [9.17, 15) is 18.0 Å². The third kappa shape index (κ3) is 8.51. The minimum absolute atomic E-state index is 0.00423. The highest BCUT2D eigenvalue weighted by atomic mass is 35.5. The van der Waals surface area contributed by atoms with Crippen LogP contribution in [0.3, 0.4) is 0 Å². The van der Waals surface area contributed by atoms with E-state index in [1.807, 2.05) is 0 Å². The third-order valence-electron chi connectivity index (χ3n) is 6.49. The molecule has 0 saturated carbocycles. The molecular weight excluding hydrogens is 662 g/mol. The number of amides is 1. The molecule has 2 heterocycles. The number of nitrogens with one attached hydrogen (secondary N) is 3. The molecule has 0 aliphatic carbocycles. The van der Waals surface area contributed by atoms with E-state index in [1.54, 1.807) is 79.9 Å². The Kier molecular flexibility index (Phi) is 11.0. The predicted molar refractivity (Wildman–Crippen MR) is 175 cm³/mol. The van der Waals surface area contributed by atoms with Crippen LogP contribution >= 0.6 is 11.6 Å². The molecule has 3 N–H and O–H groups in total. The molecule has 0 unspecified atom stereocenters. The number of esters is 1. The second-order valence-electron chi connectivity index (χ2n) is 9.80. The number of para-hydroxylation sites is 1. The smallest absolute Gasteiger partial charge is 0.310 e. The van der Waals surface area contributed by atoms with Gasteiger partial charge in [-0.05, 0) is 64.4 Å². The summed E-state index contributed by atoms with van der Waals surface area (Å²) in [5.41, 5.74) is 2.23. The first-order valence-corrected chi connectivity index (χ1v) is 16.1. The maximum absolute atomic E-state index is 12.8. The Bertz CT molecular complexity index is 2040. The standard InChI is InChI=1S/C32H28ClN7O7S/c1-34-29(42)24-14-5-6-15-26(24)37-28-25(33)20-35-32(38-28)36-22-11-9-10-21(18-22)19-27(41)45-16-7-8-17-46-30-31(40-47-39-30)48(43,44)23-12-3-2-4-13-23/h2-15,18,20H,16-17,19H2,1H3,(H,34,42)(H2,35,36,37,38). The number of ether oxygens (including phenoxy) is 2. The van der Waals surface area contributed by atoms with E-state index in [0.29, 0.717) is 28.3 Å². The van der Waals surface area contributed by atoms with Gasteiger partial charge >= 0.3 is 5.97 Å². The lowest BCUT2D eigenvalue weighted by molar-refractivity contribution is -0.141. The first kappa shape index (κ1) is 33.6. The first-order valence-electron chi connectivity index (χ1n) is 14.3. The Morgan fingerprint density at radius 2 is 1.71 bits per heavy atom. The van der Waals surface area contributed by atoms with Crippen LogP contribution in [0.5, 0.6) is 5.88 Å². The summed E-state index contributed by atoms with van der Waals surface area (Å²) in [5.74, 6) is -0.498. The van der Waals surface area contributed by atoms with E-state index in [4.69, 9.17) is 21.1 Å². The second kappa shape index (κ2) is 15.7. The van der Waals surface area contributed by atoms with Gasteiger partial charge in [-0.15, -0.1) is 0 Å². The quantitative estimate of drug-likeness (QED) is 0.105. The molecule has 16 heteroatoms. The van der Waals surface area contributed by atoms with Crippen LogP contribution in [0.25, 0.3) is 0 Å². The summed E-state index contributed by atoms with van der Waals surface area (Å²) < 4.78 is 40.8. The molecule has 0 radical (unpaired) electrons. The number of nitrogens with zero attached hydrogens (tertiary/aromatic N) is 4. The zero-order valence-electron chi connectivity index (χ0n) is 25.3. The lowest BCUT2D eigenvalue weighted by Crippen LogP contribution is -2.19. The SMILES string of the molecule is CNC(=O)c1ccccc1Nc1nc(Nc2cccc(CC(=O)OCC=CCOc3nonc3S(=O)(=O)c3ccccc3)c2)ncc1Cl. The van der Waals surface area contributed by atoms with Gasteiger partial charge < -0.3 is 25.4 Å². The molecule has 0 bridgehead atoms. The summed E-state index contributed by atoms with van der Waals surface area (Å²) in [6.45, 7) is -0.106. The van der Waals surface area contributed by atoms with Crippen molar-refractivity contribution in [2.75, 3.05) is 30.9 Å². The maximum atomic E-state index is 12.8. The van der Waals surface area contributed by atoms with Gasteiger partial charge in [0, 0.05) is 12.7 Å². The van der Waals surface area contributed by atoms with Crippen molar-refractivity contribution in [1.82, 2.24) is 25.6 Å². The summed E-state index contributed by atoms with van der Waals surface area (Å²) in [6, 6.07) is 21.7. The van der Waals surface area contributed by atoms with Gasteiger partial charge in [-0.3, -0.25) is 9.59 Å². The van der Waals surface area contributed by atoms with Crippen LogP contribution in [0.2, 0.25) is 5.02 Å². The number of carbonyl (C=O) groups excluding carboxylic acids is 2. The lowest BCUT2D eigenvalue weighted by Gasteiger charge is -2.13. The van der Waals surface area contributed by atoms with Crippen LogP contribution in [0.4, 0.5) is 23.1 Å². The molecule has 3 aromatic carbocycles. The molecule has 0 aliphatic heterocycles. The molecular formula is C32H28ClN7O7S. The fourth-order valence-electron chi connectivity index (χ4n) is 4.21. The topological polar surface area (TPSA) is 188 Å². The molecule has 1 amide bonds. The van der Waals surface area contributed by atoms with Gasteiger partial charge in [0.1, 0.15) is 18.2 Å². The van der Waals surface area contributed by atoms with Crippen LogP contribution in [0, 0.1) is 0 Å². The van der Waals surface area contributed by atoms with Crippen LogP contribution in [-0.4, -0.2) is 60.8 Å². The van der Waals surface area contributed by atoms with E-state index < -0.39 is 20.8 Å². The minimum atomic E-state index is -3.97. The molecule has 2 aromatic heterocycles. The number of aromatic nitrogens is 4. The third-order valence-corrected chi connectivity index (χ3v) is 8.42. The van der Waals surface area contributed by atoms with Gasteiger partial charge in [0.2, 0.25) is 15.8 Å². The van der Waals surface area contributed by atoms with Gasteiger partial charge in [-0.2, -0.15) is 4.98 Å². The van der Waals surface area contributed by atoms with Crippen LogP contribution < -0.4 is 20.7 Å². The van der Waals surface area contributed by atoms with Crippen molar-refractivity contribution in [3.63, 3.8) is 0 Å². The summed E-state index contributed by atoms with van der Waals surface area (Å²) in [4.78, 5) is 33.4. The Morgan fingerprint density at radius 3 is 2.52 bits per heavy atom. The zero-order valence-corrected chi connectivity index (χ0v) is 26.9. The van der Waals surface area contributed by atoms with Gasteiger partial charge in [0.15, 0.2) is 5.82 Å². The lowest BCUT2D eigenvalue weighted by atomic mass is 10.1. The van der Waals surface area contributed by atoms with Crippen molar-refractivity contribution < 1.29 is 32.1 Å². The minimum Gasteiger partial charge on any atom is -0.469 e. The Hall–Kier alpha value is -5.80. The molecule has 14 nitrogen and oxygen atoms in total.